The number of rotatable bonds is 6. The average molecular weight is 251 g/mol. The second-order valence-corrected chi connectivity index (χ2v) is 5.07. The monoisotopic (exact) mass is 251 g/mol. The van der Waals surface area contributed by atoms with E-state index in [1.807, 2.05) is 31.5 Å². The first-order valence-corrected chi connectivity index (χ1v) is 6.48. The molecule has 1 aromatic heterocycles. The van der Waals surface area contributed by atoms with Crippen molar-refractivity contribution in [2.45, 2.75) is 51.7 Å². The summed E-state index contributed by atoms with van der Waals surface area (Å²) in [4.78, 5) is 16.3. The van der Waals surface area contributed by atoms with Crippen LogP contribution in [0.5, 0.6) is 0 Å². The number of imidazole rings is 1. The molecule has 18 heavy (non-hydrogen) atoms. The van der Waals surface area contributed by atoms with Crippen molar-refractivity contribution >= 4 is 5.97 Å². The fourth-order valence-corrected chi connectivity index (χ4v) is 2.05. The van der Waals surface area contributed by atoms with E-state index in [0.717, 1.165) is 18.7 Å². The van der Waals surface area contributed by atoms with E-state index in [2.05, 4.69) is 10.3 Å². The van der Waals surface area contributed by atoms with Crippen LogP contribution in [0.4, 0.5) is 0 Å². The van der Waals surface area contributed by atoms with Crippen molar-refractivity contribution in [1.82, 2.24) is 14.9 Å². The van der Waals surface area contributed by atoms with Crippen LogP contribution < -0.4 is 5.32 Å². The summed E-state index contributed by atoms with van der Waals surface area (Å²) >= 11 is 0. The normalized spacial score (nSPS) is 18.4. The van der Waals surface area contributed by atoms with Crippen LogP contribution >= 0.6 is 0 Å². The van der Waals surface area contributed by atoms with Crippen molar-refractivity contribution in [3.8, 4) is 0 Å². The number of carbonyl (C=O) groups excluding carboxylic acids is 1. The lowest BCUT2D eigenvalue weighted by atomic mass is 10.0. The number of aryl methyl sites for hydroxylation is 1. The molecule has 5 heteroatoms. The van der Waals surface area contributed by atoms with Crippen molar-refractivity contribution in [2.75, 3.05) is 6.61 Å². The summed E-state index contributed by atoms with van der Waals surface area (Å²) in [5.41, 5.74) is -0.678. The molecule has 1 heterocycles. The van der Waals surface area contributed by atoms with E-state index in [-0.39, 0.29) is 5.97 Å². The number of hydrogen-bond acceptors (Lipinski definition) is 4. The van der Waals surface area contributed by atoms with E-state index < -0.39 is 5.54 Å². The predicted molar refractivity (Wildman–Crippen MR) is 68.2 cm³/mol. The quantitative estimate of drug-likeness (QED) is 0.773. The maximum Gasteiger partial charge on any atom is 0.327 e. The largest absolute Gasteiger partial charge is 0.465 e. The Kier molecular flexibility index (Phi) is 3.71. The van der Waals surface area contributed by atoms with Gasteiger partial charge in [-0.3, -0.25) is 5.32 Å². The lowest BCUT2D eigenvalue weighted by Gasteiger charge is -2.29. The van der Waals surface area contributed by atoms with Crippen LogP contribution in [0, 0.1) is 6.92 Å². The fourth-order valence-electron chi connectivity index (χ4n) is 2.05. The zero-order valence-corrected chi connectivity index (χ0v) is 11.3. The third-order valence-electron chi connectivity index (χ3n) is 3.24. The summed E-state index contributed by atoms with van der Waals surface area (Å²) < 4.78 is 7.17. The molecule has 1 N–H and O–H groups in total. The number of nitrogens with zero attached hydrogens (tertiary/aromatic N) is 2. The number of carbonyl (C=O) groups is 1. The summed E-state index contributed by atoms with van der Waals surface area (Å²) in [7, 11) is 0. The Morgan fingerprint density at radius 2 is 2.39 bits per heavy atom. The first-order chi connectivity index (χ1) is 8.55. The molecule has 1 unspecified atom stereocenters. The summed E-state index contributed by atoms with van der Waals surface area (Å²) in [6, 6.07) is 0.447. The number of esters is 1. The van der Waals surface area contributed by atoms with Crippen LogP contribution in [-0.2, 0) is 16.1 Å². The Morgan fingerprint density at radius 1 is 1.67 bits per heavy atom. The zero-order valence-electron chi connectivity index (χ0n) is 11.3. The summed E-state index contributed by atoms with van der Waals surface area (Å²) in [5.74, 6) is 0.716. The van der Waals surface area contributed by atoms with E-state index >= 15 is 0 Å². The molecule has 0 radical (unpaired) electrons. The van der Waals surface area contributed by atoms with E-state index in [1.165, 1.54) is 0 Å². The van der Waals surface area contributed by atoms with Gasteiger partial charge in [0.25, 0.3) is 0 Å². The lowest BCUT2D eigenvalue weighted by molar-refractivity contribution is -0.151. The van der Waals surface area contributed by atoms with Gasteiger partial charge in [0.2, 0.25) is 0 Å². The van der Waals surface area contributed by atoms with Gasteiger partial charge in [0.1, 0.15) is 11.4 Å². The Bertz CT molecular complexity index is 426. The van der Waals surface area contributed by atoms with Gasteiger partial charge in [-0.05, 0) is 33.6 Å². The van der Waals surface area contributed by atoms with E-state index in [1.54, 1.807) is 6.20 Å². The average Bonchev–Trinajstić information content (AvgIpc) is 3.03. The maximum atomic E-state index is 12.1. The highest BCUT2D eigenvalue weighted by Crippen LogP contribution is 2.24. The summed E-state index contributed by atoms with van der Waals surface area (Å²) in [6.07, 6.45) is 5.91. The second kappa shape index (κ2) is 5.10. The molecule has 5 nitrogen and oxygen atoms in total. The molecule has 0 aliphatic heterocycles. The maximum absolute atomic E-state index is 12.1. The Hall–Kier alpha value is -1.36. The van der Waals surface area contributed by atoms with E-state index in [4.69, 9.17) is 4.74 Å². The highest BCUT2D eigenvalue weighted by Gasteiger charge is 2.40. The van der Waals surface area contributed by atoms with E-state index in [0.29, 0.717) is 19.2 Å². The molecule has 2 rings (SSSR count). The van der Waals surface area contributed by atoms with E-state index in [9.17, 15) is 4.79 Å². The van der Waals surface area contributed by atoms with Gasteiger partial charge >= 0.3 is 5.97 Å². The molecule has 1 fully saturated rings. The van der Waals surface area contributed by atoms with Crippen molar-refractivity contribution in [3.63, 3.8) is 0 Å². The smallest absolute Gasteiger partial charge is 0.327 e. The minimum absolute atomic E-state index is 0.190. The van der Waals surface area contributed by atoms with Crippen molar-refractivity contribution in [1.29, 1.82) is 0 Å². The molecule has 100 valence electrons. The first kappa shape index (κ1) is 13.1. The number of aromatic nitrogens is 2. The highest BCUT2D eigenvalue weighted by atomic mass is 16.5. The van der Waals surface area contributed by atoms with Gasteiger partial charge < -0.3 is 9.30 Å². The van der Waals surface area contributed by atoms with Crippen LogP contribution in [-0.4, -0.2) is 33.7 Å². The molecule has 0 spiro atoms. The third kappa shape index (κ3) is 2.90. The standard InChI is InChI=1S/C13H21N3O2/c1-4-18-12(17)13(3,15-11-5-6-11)9-16-8-7-14-10(16)2/h7-8,11,15H,4-6,9H2,1-3H3. The molecule has 0 saturated heterocycles. The van der Waals surface area contributed by atoms with Crippen molar-refractivity contribution in [3.05, 3.63) is 18.2 Å². The molecule has 1 aliphatic rings. The van der Waals surface area contributed by atoms with Gasteiger partial charge in [-0.25, -0.2) is 9.78 Å². The number of hydrogen-bond donors (Lipinski definition) is 1. The minimum Gasteiger partial charge on any atom is -0.465 e. The molecule has 0 amide bonds. The fraction of sp³-hybridized carbons (Fsp3) is 0.692. The van der Waals surface area contributed by atoms with Crippen molar-refractivity contribution in [2.24, 2.45) is 0 Å². The molecule has 1 aliphatic carbocycles. The molecular weight excluding hydrogens is 230 g/mol. The molecule has 0 bridgehead atoms. The SMILES string of the molecule is CCOC(=O)C(C)(Cn1ccnc1C)NC1CC1. The first-order valence-electron chi connectivity index (χ1n) is 6.48. The summed E-state index contributed by atoms with van der Waals surface area (Å²) in [6.45, 7) is 6.63. The van der Waals surface area contributed by atoms with Gasteiger partial charge in [-0.1, -0.05) is 0 Å². The van der Waals surface area contributed by atoms with Gasteiger partial charge in [-0.2, -0.15) is 0 Å². The minimum atomic E-state index is -0.678. The molecular formula is C13H21N3O2. The molecule has 0 aromatic carbocycles. The van der Waals surface area contributed by atoms with Gasteiger partial charge in [0.15, 0.2) is 0 Å². The Balaban J connectivity index is 2.12. The zero-order chi connectivity index (χ0) is 13.2. The predicted octanol–water partition coefficient (Wildman–Crippen LogP) is 1.27. The number of nitrogens with one attached hydrogen (secondary N) is 1. The highest BCUT2D eigenvalue weighted by molar-refractivity contribution is 5.80. The van der Waals surface area contributed by atoms with Crippen molar-refractivity contribution < 1.29 is 9.53 Å². The van der Waals surface area contributed by atoms with Crippen LogP contribution in [0.3, 0.4) is 0 Å². The Morgan fingerprint density at radius 3 is 2.89 bits per heavy atom. The van der Waals surface area contributed by atoms with Gasteiger partial charge in [-0.15, -0.1) is 0 Å². The molecule has 1 atom stereocenters. The second-order valence-electron chi connectivity index (χ2n) is 5.07. The van der Waals surface area contributed by atoms with Crippen LogP contribution in [0.25, 0.3) is 0 Å². The molecule has 1 aromatic rings. The lowest BCUT2D eigenvalue weighted by Crippen LogP contribution is -2.54. The number of ether oxygens (including phenoxy) is 1. The van der Waals surface area contributed by atoms with Crippen LogP contribution in [0.1, 0.15) is 32.5 Å². The third-order valence-corrected chi connectivity index (χ3v) is 3.24. The van der Waals surface area contributed by atoms with Crippen LogP contribution in [0.15, 0.2) is 12.4 Å². The summed E-state index contributed by atoms with van der Waals surface area (Å²) in [5, 5.41) is 3.39. The van der Waals surface area contributed by atoms with Gasteiger partial charge in [0.05, 0.1) is 13.2 Å². The van der Waals surface area contributed by atoms with Gasteiger partial charge in [0, 0.05) is 18.4 Å². The van der Waals surface area contributed by atoms with Crippen LogP contribution in [0.2, 0.25) is 0 Å². The topological polar surface area (TPSA) is 56.2 Å². The Labute approximate surface area is 108 Å². The molecule has 1 saturated carbocycles.